The predicted octanol–water partition coefficient (Wildman–Crippen LogP) is 0.783. The summed E-state index contributed by atoms with van der Waals surface area (Å²) in [6, 6.07) is 4.99. The second-order valence-corrected chi connectivity index (χ2v) is 2.25. The van der Waals surface area contributed by atoms with Crippen molar-refractivity contribution in [2.75, 3.05) is 0 Å². The fraction of sp³-hybridized carbons (Fsp3) is 0. The summed E-state index contributed by atoms with van der Waals surface area (Å²) < 4.78 is 0. The molecule has 0 saturated carbocycles. The molecule has 13 heavy (non-hydrogen) atoms. The van der Waals surface area contributed by atoms with Gasteiger partial charge in [-0.1, -0.05) is 0 Å². The number of hydrogen-bond donors (Lipinski definition) is 1. The van der Waals surface area contributed by atoms with Crippen molar-refractivity contribution >= 4 is 6.08 Å². The minimum absolute atomic E-state index is 0.0417. The maximum atomic E-state index is 10.9. The van der Waals surface area contributed by atoms with Crippen LogP contribution in [0.5, 0.6) is 0 Å². The number of H-pyrrole nitrogens is 1. The van der Waals surface area contributed by atoms with E-state index in [1.807, 2.05) is 6.07 Å². The van der Waals surface area contributed by atoms with Gasteiger partial charge in [0.1, 0.15) is 11.6 Å². The summed E-state index contributed by atoms with van der Waals surface area (Å²) in [6.45, 7) is 0. The van der Waals surface area contributed by atoms with Crippen LogP contribution in [0.3, 0.4) is 0 Å². The van der Waals surface area contributed by atoms with Crippen molar-refractivity contribution in [1.29, 1.82) is 10.5 Å². The van der Waals surface area contributed by atoms with Gasteiger partial charge in [0.25, 0.3) is 5.56 Å². The number of hydrogen-bond acceptors (Lipinski definition) is 3. The van der Waals surface area contributed by atoms with E-state index in [4.69, 9.17) is 10.5 Å². The molecule has 0 atom stereocenters. The van der Waals surface area contributed by atoms with Crippen LogP contribution in [0.4, 0.5) is 0 Å². The Bertz CT molecular complexity index is 471. The zero-order chi connectivity index (χ0) is 9.68. The Balaban J connectivity index is 3.18. The standard InChI is InChI=1S/C9H5N3O/c10-3-1-2-7-4-8(5-11)9(13)12-6-7/h1-2,4,6H,(H,12,13). The third kappa shape index (κ3) is 2.05. The molecule has 1 rings (SSSR count). The fourth-order valence-corrected chi connectivity index (χ4v) is 0.813. The van der Waals surface area contributed by atoms with Gasteiger partial charge in [0.15, 0.2) is 0 Å². The Morgan fingerprint density at radius 3 is 2.85 bits per heavy atom. The minimum Gasteiger partial charge on any atom is -0.327 e. The summed E-state index contributed by atoms with van der Waals surface area (Å²) in [5, 5.41) is 16.7. The zero-order valence-electron chi connectivity index (χ0n) is 6.61. The summed E-state index contributed by atoms with van der Waals surface area (Å²) in [7, 11) is 0. The first-order chi connectivity index (χ1) is 6.27. The normalized spacial score (nSPS) is 9.38. The average Bonchev–Trinajstić information content (AvgIpc) is 2.16. The van der Waals surface area contributed by atoms with Crippen LogP contribution in [0, 0.1) is 22.7 Å². The van der Waals surface area contributed by atoms with Crippen molar-refractivity contribution < 1.29 is 0 Å². The van der Waals surface area contributed by atoms with Gasteiger partial charge in [-0.05, 0) is 17.7 Å². The van der Waals surface area contributed by atoms with Gasteiger partial charge in [-0.2, -0.15) is 10.5 Å². The second-order valence-electron chi connectivity index (χ2n) is 2.25. The molecule has 4 heteroatoms. The topological polar surface area (TPSA) is 80.4 Å². The highest BCUT2D eigenvalue weighted by molar-refractivity contribution is 5.52. The van der Waals surface area contributed by atoms with E-state index < -0.39 is 5.56 Å². The number of aromatic amines is 1. The number of allylic oxidation sites excluding steroid dienone is 1. The van der Waals surface area contributed by atoms with Crippen LogP contribution in [0.1, 0.15) is 11.1 Å². The molecule has 4 nitrogen and oxygen atoms in total. The van der Waals surface area contributed by atoms with Gasteiger partial charge in [0, 0.05) is 12.3 Å². The van der Waals surface area contributed by atoms with Crippen molar-refractivity contribution in [1.82, 2.24) is 4.98 Å². The summed E-state index contributed by atoms with van der Waals surface area (Å²) in [5.41, 5.74) is 0.245. The molecule has 0 unspecified atom stereocenters. The lowest BCUT2D eigenvalue weighted by molar-refractivity contribution is 1.21. The molecule has 0 bridgehead atoms. The van der Waals surface area contributed by atoms with Gasteiger partial charge in [-0.15, -0.1) is 0 Å². The molecule has 1 N–H and O–H groups in total. The lowest BCUT2D eigenvalue weighted by Crippen LogP contribution is -2.08. The molecule has 1 heterocycles. The van der Waals surface area contributed by atoms with Gasteiger partial charge in [0.2, 0.25) is 0 Å². The van der Waals surface area contributed by atoms with Gasteiger partial charge in [0.05, 0.1) is 6.07 Å². The Morgan fingerprint density at radius 2 is 2.23 bits per heavy atom. The van der Waals surface area contributed by atoms with Crippen LogP contribution in [0.25, 0.3) is 6.08 Å². The Kier molecular flexibility index (Phi) is 2.62. The van der Waals surface area contributed by atoms with Crippen molar-refractivity contribution in [3.8, 4) is 12.1 Å². The number of aromatic nitrogens is 1. The number of nitrogens with zero attached hydrogens (tertiary/aromatic N) is 2. The quantitative estimate of drug-likeness (QED) is 0.634. The van der Waals surface area contributed by atoms with E-state index in [1.54, 1.807) is 6.07 Å². The van der Waals surface area contributed by atoms with Gasteiger partial charge < -0.3 is 4.98 Å². The smallest absolute Gasteiger partial charge is 0.265 e. The van der Waals surface area contributed by atoms with E-state index in [9.17, 15) is 4.79 Å². The first-order valence-corrected chi connectivity index (χ1v) is 3.47. The van der Waals surface area contributed by atoms with Crippen LogP contribution in [0.2, 0.25) is 0 Å². The predicted molar refractivity (Wildman–Crippen MR) is 46.4 cm³/mol. The van der Waals surface area contributed by atoms with E-state index in [0.717, 1.165) is 0 Å². The summed E-state index contributed by atoms with van der Waals surface area (Å²) in [4.78, 5) is 13.3. The Hall–Kier alpha value is -2.33. The van der Waals surface area contributed by atoms with E-state index in [2.05, 4.69) is 4.98 Å². The first-order valence-electron chi connectivity index (χ1n) is 3.47. The van der Waals surface area contributed by atoms with Crippen LogP contribution in [-0.4, -0.2) is 4.98 Å². The Morgan fingerprint density at radius 1 is 1.46 bits per heavy atom. The minimum atomic E-state index is -0.420. The highest BCUT2D eigenvalue weighted by atomic mass is 16.1. The largest absolute Gasteiger partial charge is 0.327 e. The highest BCUT2D eigenvalue weighted by Crippen LogP contribution is 1.99. The molecular weight excluding hydrogens is 166 g/mol. The van der Waals surface area contributed by atoms with Crippen LogP contribution in [-0.2, 0) is 0 Å². The van der Waals surface area contributed by atoms with Crippen molar-refractivity contribution in [2.24, 2.45) is 0 Å². The lowest BCUT2D eigenvalue weighted by Gasteiger charge is -1.91. The van der Waals surface area contributed by atoms with E-state index in [0.29, 0.717) is 5.56 Å². The van der Waals surface area contributed by atoms with Crippen LogP contribution in [0.15, 0.2) is 23.1 Å². The average molecular weight is 171 g/mol. The molecule has 0 saturated heterocycles. The molecule has 0 spiro atoms. The Labute approximate surface area is 74.4 Å². The third-order valence-corrected chi connectivity index (χ3v) is 1.40. The number of rotatable bonds is 1. The zero-order valence-corrected chi connectivity index (χ0v) is 6.61. The van der Waals surface area contributed by atoms with E-state index in [-0.39, 0.29) is 5.56 Å². The molecule has 0 amide bonds. The molecule has 62 valence electrons. The third-order valence-electron chi connectivity index (χ3n) is 1.40. The molecule has 0 fully saturated rings. The molecule has 0 aliphatic heterocycles. The molecular formula is C9H5N3O. The van der Waals surface area contributed by atoms with Gasteiger partial charge in [-0.3, -0.25) is 4.79 Å². The lowest BCUT2D eigenvalue weighted by atomic mass is 10.2. The highest BCUT2D eigenvalue weighted by Gasteiger charge is 1.96. The summed E-state index contributed by atoms with van der Waals surface area (Å²) >= 11 is 0. The van der Waals surface area contributed by atoms with E-state index in [1.165, 1.54) is 24.4 Å². The number of nitrogens with one attached hydrogen (secondary N) is 1. The molecule has 0 aliphatic rings. The van der Waals surface area contributed by atoms with Gasteiger partial charge in [-0.25, -0.2) is 0 Å². The monoisotopic (exact) mass is 171 g/mol. The molecule has 1 aromatic rings. The fourth-order valence-electron chi connectivity index (χ4n) is 0.813. The van der Waals surface area contributed by atoms with Crippen molar-refractivity contribution in [3.63, 3.8) is 0 Å². The van der Waals surface area contributed by atoms with E-state index >= 15 is 0 Å². The number of nitriles is 2. The first kappa shape index (κ1) is 8.76. The SMILES string of the molecule is N#CC=Cc1c[nH]c(=O)c(C#N)c1. The number of pyridine rings is 1. The molecule has 0 radical (unpaired) electrons. The molecule has 0 aromatic carbocycles. The van der Waals surface area contributed by atoms with Crippen LogP contribution < -0.4 is 5.56 Å². The molecule has 1 aromatic heterocycles. The summed E-state index contributed by atoms with van der Waals surface area (Å²) in [6.07, 6.45) is 4.22. The maximum absolute atomic E-state index is 10.9. The maximum Gasteiger partial charge on any atom is 0.265 e. The van der Waals surface area contributed by atoms with Gasteiger partial charge >= 0.3 is 0 Å². The van der Waals surface area contributed by atoms with Crippen LogP contribution >= 0.6 is 0 Å². The van der Waals surface area contributed by atoms with Crippen molar-refractivity contribution in [3.05, 3.63) is 39.8 Å². The van der Waals surface area contributed by atoms with Crippen molar-refractivity contribution in [2.45, 2.75) is 0 Å². The molecule has 0 aliphatic carbocycles. The summed E-state index contributed by atoms with van der Waals surface area (Å²) in [5.74, 6) is 0. The second kappa shape index (κ2) is 3.89.